The lowest BCUT2D eigenvalue weighted by molar-refractivity contribution is 1.28. The van der Waals surface area contributed by atoms with E-state index in [1.165, 1.54) is 0 Å². The van der Waals surface area contributed by atoms with Gasteiger partial charge in [-0.1, -0.05) is 0 Å². The Morgan fingerprint density at radius 3 is 2.18 bits per heavy atom. The Balaban J connectivity index is 0. The van der Waals surface area contributed by atoms with Crippen molar-refractivity contribution in [1.82, 2.24) is 4.98 Å². The van der Waals surface area contributed by atoms with E-state index in [1.807, 2.05) is 6.92 Å². The number of rotatable bonds is 0. The number of hydrogen-bond acceptors (Lipinski definition) is 3. The topological polar surface area (TPSA) is 64.9 Å². The largest absolute Gasteiger partial charge is 0.397 e. The van der Waals surface area contributed by atoms with Crippen molar-refractivity contribution in [2.45, 2.75) is 6.92 Å². The van der Waals surface area contributed by atoms with Gasteiger partial charge in [-0.2, -0.15) is 0 Å². The lowest BCUT2D eigenvalue weighted by atomic mass is 10.3. The van der Waals surface area contributed by atoms with Gasteiger partial charge < -0.3 is 11.5 Å². The summed E-state index contributed by atoms with van der Waals surface area (Å²) in [6.45, 7) is 1.87. The molecule has 0 radical (unpaired) electrons. The van der Waals surface area contributed by atoms with Gasteiger partial charge in [-0.3, -0.25) is 0 Å². The normalized spacial score (nSPS) is 7.73. The molecule has 0 spiro atoms. The predicted octanol–water partition coefficient (Wildman–Crippen LogP) is 1.40. The van der Waals surface area contributed by atoms with Crippen LogP contribution in [-0.4, -0.2) is 4.98 Å². The molecule has 0 aromatic carbocycles. The third-order valence-electron chi connectivity index (χ3n) is 1.14. The van der Waals surface area contributed by atoms with Crippen molar-refractivity contribution in [3.8, 4) is 0 Å². The van der Waals surface area contributed by atoms with E-state index in [-0.39, 0.29) is 24.8 Å². The molecular weight excluding hydrogens is 185 g/mol. The molecule has 0 amide bonds. The van der Waals surface area contributed by atoms with Gasteiger partial charge in [-0.25, -0.2) is 4.98 Å². The van der Waals surface area contributed by atoms with E-state index in [9.17, 15) is 0 Å². The highest BCUT2D eigenvalue weighted by molar-refractivity contribution is 5.85. The number of hydrogen-bond donors (Lipinski definition) is 2. The molecule has 4 N–H and O–H groups in total. The molecule has 0 saturated heterocycles. The second-order valence-corrected chi connectivity index (χ2v) is 1.97. The quantitative estimate of drug-likeness (QED) is 0.659. The van der Waals surface area contributed by atoms with Crippen molar-refractivity contribution < 1.29 is 0 Å². The van der Waals surface area contributed by atoms with Gasteiger partial charge in [0.2, 0.25) is 0 Å². The molecule has 1 heterocycles. The first-order valence-electron chi connectivity index (χ1n) is 2.68. The second kappa shape index (κ2) is 5.04. The molecule has 11 heavy (non-hydrogen) atoms. The minimum Gasteiger partial charge on any atom is -0.397 e. The Labute approximate surface area is 78.0 Å². The number of aromatic nitrogens is 1. The van der Waals surface area contributed by atoms with Gasteiger partial charge in [-0.05, 0) is 18.6 Å². The van der Waals surface area contributed by atoms with E-state index in [1.54, 1.807) is 12.3 Å². The van der Waals surface area contributed by atoms with Gasteiger partial charge in [-0.15, -0.1) is 24.8 Å². The average molecular weight is 196 g/mol. The first-order valence-corrected chi connectivity index (χ1v) is 2.68. The minimum absolute atomic E-state index is 0. The van der Waals surface area contributed by atoms with Crippen LogP contribution in [-0.2, 0) is 0 Å². The smallest absolute Gasteiger partial charge is 0.126 e. The molecule has 3 nitrogen and oxygen atoms in total. The molecule has 1 aromatic rings. The summed E-state index contributed by atoms with van der Waals surface area (Å²) in [7, 11) is 0. The monoisotopic (exact) mass is 195 g/mol. The van der Waals surface area contributed by atoms with Crippen molar-refractivity contribution in [2.24, 2.45) is 0 Å². The minimum atomic E-state index is 0. The van der Waals surface area contributed by atoms with Gasteiger partial charge in [0, 0.05) is 0 Å². The standard InChI is InChI=1S/C6H9N3.2ClH/c1-4-2-5(7)3-9-6(4)8;;/h2-3H,7H2,1H3,(H2,8,9);2*1H. The lowest BCUT2D eigenvalue weighted by Crippen LogP contribution is -1.95. The Bertz CT molecular complexity index is 227. The maximum atomic E-state index is 5.42. The van der Waals surface area contributed by atoms with Crippen LogP contribution in [0, 0.1) is 6.92 Å². The molecule has 64 valence electrons. The van der Waals surface area contributed by atoms with Crippen LogP contribution in [0.3, 0.4) is 0 Å². The summed E-state index contributed by atoms with van der Waals surface area (Å²) in [6.07, 6.45) is 1.54. The molecule has 0 atom stereocenters. The van der Waals surface area contributed by atoms with Crippen LogP contribution in [0.15, 0.2) is 12.3 Å². The maximum Gasteiger partial charge on any atom is 0.126 e. The fourth-order valence-electron chi connectivity index (χ4n) is 0.607. The number of nitrogen functional groups attached to an aromatic ring is 2. The third kappa shape index (κ3) is 3.30. The Hall–Kier alpha value is -0.670. The van der Waals surface area contributed by atoms with E-state index >= 15 is 0 Å². The SMILES string of the molecule is Cc1cc(N)cnc1N.Cl.Cl. The summed E-state index contributed by atoms with van der Waals surface area (Å²) in [4.78, 5) is 3.83. The zero-order chi connectivity index (χ0) is 6.85. The highest BCUT2D eigenvalue weighted by atomic mass is 35.5. The van der Waals surface area contributed by atoms with Crippen LogP contribution in [0.1, 0.15) is 5.56 Å². The molecule has 0 aliphatic carbocycles. The van der Waals surface area contributed by atoms with Crippen molar-refractivity contribution >= 4 is 36.3 Å². The maximum absolute atomic E-state index is 5.42. The van der Waals surface area contributed by atoms with E-state index in [0.717, 1.165) is 5.56 Å². The van der Waals surface area contributed by atoms with E-state index in [4.69, 9.17) is 11.5 Å². The zero-order valence-corrected chi connectivity index (χ0v) is 7.71. The highest BCUT2D eigenvalue weighted by Gasteiger charge is 1.91. The number of aryl methyl sites for hydroxylation is 1. The van der Waals surface area contributed by atoms with E-state index in [0.29, 0.717) is 11.5 Å². The van der Waals surface area contributed by atoms with Crippen LogP contribution in [0.4, 0.5) is 11.5 Å². The second-order valence-electron chi connectivity index (χ2n) is 1.97. The molecule has 0 saturated carbocycles. The van der Waals surface area contributed by atoms with E-state index < -0.39 is 0 Å². The number of halogens is 2. The van der Waals surface area contributed by atoms with Gasteiger partial charge in [0.15, 0.2) is 0 Å². The number of nitrogens with two attached hydrogens (primary N) is 2. The summed E-state index contributed by atoms with van der Waals surface area (Å²) in [5, 5.41) is 0. The molecule has 0 aliphatic rings. The summed E-state index contributed by atoms with van der Waals surface area (Å²) in [6, 6.07) is 1.79. The van der Waals surface area contributed by atoms with Crippen LogP contribution in [0.5, 0.6) is 0 Å². The van der Waals surface area contributed by atoms with Gasteiger partial charge >= 0.3 is 0 Å². The van der Waals surface area contributed by atoms with Crippen LogP contribution in [0.25, 0.3) is 0 Å². The van der Waals surface area contributed by atoms with Crippen molar-refractivity contribution in [1.29, 1.82) is 0 Å². The lowest BCUT2D eigenvalue weighted by Gasteiger charge is -1.97. The number of anilines is 2. The molecule has 0 aliphatic heterocycles. The molecule has 5 heteroatoms. The van der Waals surface area contributed by atoms with Gasteiger partial charge in [0.1, 0.15) is 5.82 Å². The van der Waals surface area contributed by atoms with Crippen molar-refractivity contribution in [3.05, 3.63) is 17.8 Å². The number of pyridine rings is 1. The fraction of sp³-hybridized carbons (Fsp3) is 0.167. The molecule has 0 fully saturated rings. The summed E-state index contributed by atoms with van der Waals surface area (Å²) >= 11 is 0. The van der Waals surface area contributed by atoms with Crippen molar-refractivity contribution in [3.63, 3.8) is 0 Å². The molecule has 1 rings (SSSR count). The molecule has 1 aromatic heterocycles. The van der Waals surface area contributed by atoms with Gasteiger partial charge in [0.25, 0.3) is 0 Å². The van der Waals surface area contributed by atoms with Crippen LogP contribution < -0.4 is 11.5 Å². The van der Waals surface area contributed by atoms with Crippen LogP contribution >= 0.6 is 24.8 Å². The Morgan fingerprint density at radius 2 is 1.82 bits per heavy atom. The summed E-state index contributed by atoms with van der Waals surface area (Å²) in [5.41, 5.74) is 12.4. The molecule has 0 bridgehead atoms. The molecular formula is C6H11Cl2N3. The fourth-order valence-corrected chi connectivity index (χ4v) is 0.607. The molecule has 0 unspecified atom stereocenters. The first kappa shape index (κ1) is 13.0. The van der Waals surface area contributed by atoms with Crippen LogP contribution in [0.2, 0.25) is 0 Å². The zero-order valence-electron chi connectivity index (χ0n) is 6.07. The highest BCUT2D eigenvalue weighted by Crippen LogP contribution is 2.08. The summed E-state index contributed by atoms with van der Waals surface area (Å²) < 4.78 is 0. The van der Waals surface area contributed by atoms with Crippen molar-refractivity contribution in [2.75, 3.05) is 11.5 Å². The number of nitrogens with zero attached hydrogens (tertiary/aromatic N) is 1. The first-order chi connectivity index (χ1) is 4.20. The predicted molar refractivity (Wildman–Crippen MR) is 52.3 cm³/mol. The Kier molecular flexibility index (Phi) is 5.94. The average Bonchev–Trinajstić information content (AvgIpc) is 1.80. The third-order valence-corrected chi connectivity index (χ3v) is 1.14. The van der Waals surface area contributed by atoms with Gasteiger partial charge in [0.05, 0.1) is 11.9 Å². The summed E-state index contributed by atoms with van der Waals surface area (Å²) in [5.74, 6) is 0.546. The Morgan fingerprint density at radius 1 is 1.27 bits per heavy atom. The van der Waals surface area contributed by atoms with E-state index in [2.05, 4.69) is 4.98 Å².